The number of fused-ring (bicyclic) bond motifs is 1. The molecule has 0 saturated carbocycles. The van der Waals surface area contributed by atoms with Gasteiger partial charge in [-0.05, 0) is 29.0 Å². The van der Waals surface area contributed by atoms with Gasteiger partial charge in [-0.25, -0.2) is 13.4 Å². The highest BCUT2D eigenvalue weighted by molar-refractivity contribution is 7.88. The lowest BCUT2D eigenvalue weighted by molar-refractivity contribution is 0.260. The molecular weight excluding hydrogens is 362 g/mol. The van der Waals surface area contributed by atoms with Crippen LogP contribution in [-0.4, -0.2) is 55.6 Å². The van der Waals surface area contributed by atoms with Crippen LogP contribution in [0.5, 0.6) is 5.88 Å². The summed E-state index contributed by atoms with van der Waals surface area (Å²) in [6.45, 7) is 3.22. The van der Waals surface area contributed by atoms with Crippen LogP contribution >= 0.6 is 0 Å². The summed E-state index contributed by atoms with van der Waals surface area (Å²) in [6, 6.07) is 13.9. The maximum Gasteiger partial charge on any atom is 0.213 e. The molecule has 2 aliphatic rings. The van der Waals surface area contributed by atoms with Crippen molar-refractivity contribution < 1.29 is 13.2 Å². The summed E-state index contributed by atoms with van der Waals surface area (Å²) in [6.07, 6.45) is 3.09. The first kappa shape index (κ1) is 18.4. The monoisotopic (exact) mass is 387 g/mol. The zero-order chi connectivity index (χ0) is 19.0. The molecule has 2 saturated heterocycles. The summed E-state index contributed by atoms with van der Waals surface area (Å²) in [4.78, 5) is 6.58. The lowest BCUT2D eigenvalue weighted by Gasteiger charge is -2.28. The van der Waals surface area contributed by atoms with Crippen molar-refractivity contribution >= 4 is 10.0 Å². The van der Waals surface area contributed by atoms with E-state index in [9.17, 15) is 8.42 Å². The summed E-state index contributed by atoms with van der Waals surface area (Å²) in [7, 11) is -1.62. The molecule has 1 aromatic heterocycles. The van der Waals surface area contributed by atoms with Crippen molar-refractivity contribution in [1.29, 1.82) is 0 Å². The van der Waals surface area contributed by atoms with E-state index in [-0.39, 0.29) is 6.04 Å². The largest absolute Gasteiger partial charge is 0.481 e. The average Bonchev–Trinajstić information content (AvgIpc) is 3.19. The summed E-state index contributed by atoms with van der Waals surface area (Å²) in [5, 5.41) is 0. The van der Waals surface area contributed by atoms with E-state index >= 15 is 0 Å². The Hall–Kier alpha value is -1.96. The van der Waals surface area contributed by atoms with Gasteiger partial charge < -0.3 is 4.74 Å². The van der Waals surface area contributed by atoms with Gasteiger partial charge in [-0.1, -0.05) is 30.3 Å². The minimum absolute atomic E-state index is 0.0804. The fourth-order valence-electron chi connectivity index (χ4n) is 4.55. The maximum absolute atomic E-state index is 12.4. The van der Waals surface area contributed by atoms with Crippen molar-refractivity contribution in [2.45, 2.75) is 12.6 Å². The Bertz CT molecular complexity index is 904. The number of sulfonamides is 1. The third-order valence-corrected chi connectivity index (χ3v) is 6.91. The molecule has 0 N–H and O–H groups in total. The van der Waals surface area contributed by atoms with Crippen molar-refractivity contribution in [2.24, 2.45) is 11.8 Å². The van der Waals surface area contributed by atoms with Crippen LogP contribution in [0, 0.1) is 11.8 Å². The zero-order valence-electron chi connectivity index (χ0n) is 15.7. The van der Waals surface area contributed by atoms with Gasteiger partial charge >= 0.3 is 0 Å². The van der Waals surface area contributed by atoms with Crippen LogP contribution < -0.4 is 4.74 Å². The molecular formula is C20H25N3O3S. The second-order valence-corrected chi connectivity index (χ2v) is 9.45. The van der Waals surface area contributed by atoms with Gasteiger partial charge in [-0.15, -0.1) is 0 Å². The van der Waals surface area contributed by atoms with Crippen molar-refractivity contribution in [2.75, 3.05) is 33.0 Å². The normalized spacial score (nSPS) is 26.2. The zero-order valence-corrected chi connectivity index (χ0v) is 16.5. The molecule has 2 fully saturated rings. The van der Waals surface area contributed by atoms with Crippen molar-refractivity contribution in [3.8, 4) is 5.88 Å². The topological polar surface area (TPSA) is 62.7 Å². The van der Waals surface area contributed by atoms with Crippen LogP contribution in [0.2, 0.25) is 0 Å². The number of pyridine rings is 1. The van der Waals surface area contributed by atoms with E-state index < -0.39 is 10.0 Å². The molecule has 0 bridgehead atoms. The lowest BCUT2D eigenvalue weighted by atomic mass is 9.90. The Morgan fingerprint density at radius 2 is 1.93 bits per heavy atom. The second-order valence-electron chi connectivity index (χ2n) is 7.51. The average molecular weight is 388 g/mol. The standard InChI is InChI=1S/C20H25N3O3S/c1-26-19-10-15(8-9-21-19)11-22-12-17-13-23(27(2,24)25)20(18(17)14-22)16-6-4-3-5-7-16/h3-10,17-18,20H,11-14H2,1-2H3/t17-,18-,20+/m1/s1. The van der Waals surface area contributed by atoms with Gasteiger partial charge in [0.1, 0.15) is 0 Å². The molecule has 0 spiro atoms. The summed E-state index contributed by atoms with van der Waals surface area (Å²) in [5.41, 5.74) is 2.25. The maximum atomic E-state index is 12.4. The fraction of sp³-hybridized carbons (Fsp3) is 0.450. The van der Waals surface area contributed by atoms with Gasteiger partial charge in [0.25, 0.3) is 0 Å². The molecule has 6 nitrogen and oxygen atoms in total. The predicted molar refractivity (Wildman–Crippen MR) is 104 cm³/mol. The Morgan fingerprint density at radius 1 is 1.15 bits per heavy atom. The molecule has 0 unspecified atom stereocenters. The fourth-order valence-corrected chi connectivity index (χ4v) is 5.70. The van der Waals surface area contributed by atoms with Crippen LogP contribution in [0.15, 0.2) is 48.7 Å². The third kappa shape index (κ3) is 3.72. The first-order valence-corrected chi connectivity index (χ1v) is 11.0. The minimum Gasteiger partial charge on any atom is -0.481 e. The van der Waals surface area contributed by atoms with Crippen LogP contribution in [0.4, 0.5) is 0 Å². The van der Waals surface area contributed by atoms with E-state index in [1.165, 1.54) is 6.26 Å². The van der Waals surface area contributed by atoms with Crippen LogP contribution in [0.1, 0.15) is 17.2 Å². The number of aromatic nitrogens is 1. The van der Waals surface area contributed by atoms with E-state index in [0.29, 0.717) is 24.3 Å². The van der Waals surface area contributed by atoms with Gasteiger partial charge in [0.2, 0.25) is 15.9 Å². The van der Waals surface area contributed by atoms with Crippen molar-refractivity contribution in [3.63, 3.8) is 0 Å². The summed E-state index contributed by atoms with van der Waals surface area (Å²) in [5.74, 6) is 1.29. The molecule has 4 rings (SSSR count). The van der Waals surface area contributed by atoms with Gasteiger partial charge in [-0.2, -0.15) is 4.31 Å². The van der Waals surface area contributed by atoms with E-state index in [4.69, 9.17) is 4.74 Å². The van der Waals surface area contributed by atoms with E-state index in [1.54, 1.807) is 17.6 Å². The highest BCUT2D eigenvalue weighted by Gasteiger charge is 2.50. The number of methoxy groups -OCH3 is 1. The first-order chi connectivity index (χ1) is 13.0. The van der Waals surface area contributed by atoms with Gasteiger partial charge in [0, 0.05) is 38.4 Å². The van der Waals surface area contributed by atoms with Gasteiger partial charge in [0.05, 0.1) is 19.4 Å². The van der Waals surface area contributed by atoms with Crippen LogP contribution in [-0.2, 0) is 16.6 Å². The summed E-state index contributed by atoms with van der Waals surface area (Å²) < 4.78 is 31.7. The Kier molecular flexibility index (Phi) is 4.92. The molecule has 1 aromatic carbocycles. The molecule has 2 aromatic rings. The van der Waals surface area contributed by atoms with E-state index in [1.807, 2.05) is 42.5 Å². The van der Waals surface area contributed by atoms with E-state index in [0.717, 1.165) is 30.8 Å². The Labute approximate surface area is 160 Å². The van der Waals surface area contributed by atoms with Crippen LogP contribution in [0.25, 0.3) is 0 Å². The quantitative estimate of drug-likeness (QED) is 0.787. The first-order valence-electron chi connectivity index (χ1n) is 9.19. The van der Waals surface area contributed by atoms with Gasteiger partial charge in [0.15, 0.2) is 0 Å². The molecule has 0 aliphatic carbocycles. The predicted octanol–water partition coefficient (Wildman–Crippen LogP) is 2.15. The number of likely N-dealkylation sites (tertiary alicyclic amines) is 1. The second kappa shape index (κ2) is 7.22. The molecule has 2 aliphatic heterocycles. The number of rotatable bonds is 5. The van der Waals surface area contributed by atoms with Gasteiger partial charge in [-0.3, -0.25) is 4.90 Å². The Morgan fingerprint density at radius 3 is 2.63 bits per heavy atom. The molecule has 3 heterocycles. The number of hydrogen-bond acceptors (Lipinski definition) is 5. The van der Waals surface area contributed by atoms with Crippen molar-refractivity contribution in [3.05, 3.63) is 59.8 Å². The number of hydrogen-bond donors (Lipinski definition) is 0. The molecule has 144 valence electrons. The number of nitrogens with zero attached hydrogens (tertiary/aromatic N) is 3. The molecule has 0 radical (unpaired) electrons. The van der Waals surface area contributed by atoms with Crippen LogP contribution in [0.3, 0.4) is 0 Å². The summed E-state index contributed by atoms with van der Waals surface area (Å²) >= 11 is 0. The lowest BCUT2D eigenvalue weighted by Crippen LogP contribution is -2.34. The third-order valence-electron chi connectivity index (χ3n) is 5.68. The smallest absolute Gasteiger partial charge is 0.213 e. The van der Waals surface area contributed by atoms with Crippen molar-refractivity contribution in [1.82, 2.24) is 14.2 Å². The molecule has 7 heteroatoms. The Balaban J connectivity index is 1.55. The molecule has 0 amide bonds. The highest BCUT2D eigenvalue weighted by Crippen LogP contribution is 2.46. The SMILES string of the molecule is COc1cc(CN2C[C@@H]3CN(S(C)(=O)=O)[C@@H](c4ccccc4)[C@@H]3C2)ccn1. The number of ether oxygens (including phenoxy) is 1. The molecule has 27 heavy (non-hydrogen) atoms. The minimum atomic E-state index is -3.24. The number of benzene rings is 1. The van der Waals surface area contributed by atoms with E-state index in [2.05, 4.69) is 9.88 Å². The molecule has 3 atom stereocenters. The highest BCUT2D eigenvalue weighted by atomic mass is 32.2.